The van der Waals surface area contributed by atoms with Gasteiger partial charge in [0.15, 0.2) is 11.1 Å². The predicted molar refractivity (Wildman–Crippen MR) is 128 cm³/mol. The summed E-state index contributed by atoms with van der Waals surface area (Å²) >= 11 is -2.12. The van der Waals surface area contributed by atoms with E-state index in [1.807, 2.05) is 4.90 Å². The minimum Gasteiger partial charge on any atom is -0.342 e. The summed E-state index contributed by atoms with van der Waals surface area (Å²) in [6, 6.07) is 11.3. The molecule has 182 valence electrons. The minimum absolute atomic E-state index is 0.0685. The lowest BCUT2D eigenvalue weighted by Crippen LogP contribution is -2.41. The number of halogens is 1. The first kappa shape index (κ1) is 22.5. The lowest BCUT2D eigenvalue weighted by atomic mass is 10.0. The Morgan fingerprint density at radius 1 is 1.14 bits per heavy atom. The second-order valence-electron chi connectivity index (χ2n) is 10.1. The van der Waals surface area contributed by atoms with Crippen LogP contribution in [0.3, 0.4) is 0 Å². The Morgan fingerprint density at radius 3 is 2.60 bits per heavy atom. The fourth-order valence-corrected chi connectivity index (χ4v) is 5.59. The molecule has 1 saturated heterocycles. The van der Waals surface area contributed by atoms with E-state index in [4.69, 9.17) is 4.99 Å². The molecule has 2 aromatic carbocycles. The monoisotopic (exact) mass is 495 g/mol. The molecule has 1 unspecified atom stereocenters. The Bertz CT molecular complexity index is 1290. The van der Waals surface area contributed by atoms with Crippen LogP contribution in [0.4, 0.5) is 4.39 Å². The molecule has 1 spiro atoms. The summed E-state index contributed by atoms with van der Waals surface area (Å²) in [5, 5.41) is 0. The van der Waals surface area contributed by atoms with E-state index in [9.17, 15) is 18.4 Å². The zero-order valence-corrected chi connectivity index (χ0v) is 20.0. The highest BCUT2D eigenvalue weighted by molar-refractivity contribution is 7.79. The van der Waals surface area contributed by atoms with Crippen molar-refractivity contribution < 1.29 is 22.7 Å². The van der Waals surface area contributed by atoms with Crippen molar-refractivity contribution in [2.45, 2.75) is 42.5 Å². The molecular weight excluding hydrogens is 469 g/mol. The van der Waals surface area contributed by atoms with E-state index in [2.05, 4.69) is 0 Å². The van der Waals surface area contributed by atoms with E-state index in [-0.39, 0.29) is 34.1 Å². The maximum absolute atomic E-state index is 15.4. The number of benzene rings is 2. The highest BCUT2D eigenvalue weighted by Gasteiger charge is 2.58. The largest absolute Gasteiger partial charge is 0.342 e. The summed E-state index contributed by atoms with van der Waals surface area (Å²) in [7, 11) is 0. The van der Waals surface area contributed by atoms with E-state index in [1.165, 1.54) is 6.07 Å². The van der Waals surface area contributed by atoms with Crippen molar-refractivity contribution in [2.24, 2.45) is 16.8 Å². The van der Waals surface area contributed by atoms with Crippen LogP contribution in [-0.2, 0) is 20.7 Å². The number of likely N-dealkylation sites (tertiary alicyclic amines) is 1. The van der Waals surface area contributed by atoms with Gasteiger partial charge in [0.1, 0.15) is 17.2 Å². The third-order valence-corrected chi connectivity index (χ3v) is 8.14. The van der Waals surface area contributed by atoms with Gasteiger partial charge in [-0.25, -0.2) is 8.60 Å². The van der Waals surface area contributed by atoms with Gasteiger partial charge < -0.3 is 9.45 Å². The Hall–Kier alpha value is -2.91. The Labute approximate surface area is 205 Å². The summed E-state index contributed by atoms with van der Waals surface area (Å²) < 4.78 is 36.2. The molecule has 3 fully saturated rings. The van der Waals surface area contributed by atoms with E-state index in [0.717, 1.165) is 19.3 Å². The Kier molecular flexibility index (Phi) is 5.37. The summed E-state index contributed by atoms with van der Waals surface area (Å²) in [5.41, 5.74) is 0.724. The third kappa shape index (κ3) is 4.10. The highest BCUT2D eigenvalue weighted by Crippen LogP contribution is 2.46. The number of carbonyl (C=O) groups is 2. The van der Waals surface area contributed by atoms with E-state index >= 15 is 4.39 Å². The second-order valence-corrected chi connectivity index (χ2v) is 11.0. The van der Waals surface area contributed by atoms with Crippen LogP contribution in [0.1, 0.15) is 37.7 Å². The van der Waals surface area contributed by atoms with Gasteiger partial charge in [-0.1, -0.05) is 18.2 Å². The van der Waals surface area contributed by atoms with Crippen LogP contribution >= 0.6 is 0 Å². The van der Waals surface area contributed by atoms with Gasteiger partial charge >= 0.3 is 0 Å². The molecule has 9 heteroatoms. The van der Waals surface area contributed by atoms with Crippen molar-refractivity contribution in [3.05, 3.63) is 53.8 Å². The zero-order valence-electron chi connectivity index (χ0n) is 19.2. The van der Waals surface area contributed by atoms with Crippen LogP contribution in [0.25, 0.3) is 11.1 Å². The van der Waals surface area contributed by atoms with Crippen LogP contribution in [-0.4, -0.2) is 61.4 Å². The minimum atomic E-state index is -2.12. The summed E-state index contributed by atoms with van der Waals surface area (Å²) in [6.45, 7) is 1.77. The number of aliphatic imine (C=N–C) groups is 1. The SMILES string of the molecule is O=C(C1CC1)N1CC[C@@H](CN2C(=O)C3(CC3)N=C2c2ccc(-c3cccc(S(=O)O)c3)cc2F)C1. The number of amidine groups is 1. The number of hydrogen-bond acceptors (Lipinski definition) is 4. The smallest absolute Gasteiger partial charge is 0.256 e. The average Bonchev–Trinajstić information content (AvgIpc) is 3.78. The molecular formula is C26H26FN3O4S. The quantitative estimate of drug-likeness (QED) is 0.622. The fourth-order valence-electron chi connectivity index (χ4n) is 5.17. The summed E-state index contributed by atoms with van der Waals surface area (Å²) in [4.78, 5) is 34.2. The topological polar surface area (TPSA) is 90.3 Å². The van der Waals surface area contributed by atoms with Gasteiger partial charge in [0.2, 0.25) is 5.91 Å². The maximum Gasteiger partial charge on any atom is 0.256 e. The lowest BCUT2D eigenvalue weighted by Gasteiger charge is -2.24. The first-order valence-electron chi connectivity index (χ1n) is 12.1. The van der Waals surface area contributed by atoms with Crippen molar-refractivity contribution in [2.75, 3.05) is 19.6 Å². The third-order valence-electron chi connectivity index (χ3n) is 7.49. The van der Waals surface area contributed by atoms with E-state index in [1.54, 1.807) is 41.3 Å². The van der Waals surface area contributed by atoms with Crippen LogP contribution in [0, 0.1) is 17.7 Å². The van der Waals surface area contributed by atoms with Crippen molar-refractivity contribution >= 4 is 28.7 Å². The van der Waals surface area contributed by atoms with Crippen LogP contribution in [0.5, 0.6) is 0 Å². The van der Waals surface area contributed by atoms with Crippen LogP contribution < -0.4 is 0 Å². The van der Waals surface area contributed by atoms with Gasteiger partial charge in [0, 0.05) is 25.6 Å². The molecule has 4 aliphatic rings. The average molecular weight is 496 g/mol. The summed E-state index contributed by atoms with van der Waals surface area (Å²) in [5.74, 6) is 0.354. The molecule has 2 amide bonds. The molecule has 6 rings (SSSR count). The first-order valence-corrected chi connectivity index (χ1v) is 13.2. The fraction of sp³-hybridized carbons (Fsp3) is 0.423. The predicted octanol–water partition coefficient (Wildman–Crippen LogP) is 3.45. The molecule has 2 aromatic rings. The highest BCUT2D eigenvalue weighted by atomic mass is 32.2. The molecule has 0 aromatic heterocycles. The van der Waals surface area contributed by atoms with Crippen molar-refractivity contribution in [1.82, 2.24) is 9.80 Å². The van der Waals surface area contributed by atoms with Crippen LogP contribution in [0.2, 0.25) is 0 Å². The van der Waals surface area contributed by atoms with Gasteiger partial charge in [-0.2, -0.15) is 0 Å². The van der Waals surface area contributed by atoms with Gasteiger partial charge in [0.25, 0.3) is 5.91 Å². The van der Waals surface area contributed by atoms with Gasteiger partial charge in [-0.15, -0.1) is 0 Å². The molecule has 2 atom stereocenters. The Morgan fingerprint density at radius 2 is 1.91 bits per heavy atom. The number of hydrogen-bond donors (Lipinski definition) is 1. The molecule has 2 heterocycles. The number of amides is 2. The van der Waals surface area contributed by atoms with Gasteiger partial charge in [0.05, 0.1) is 10.5 Å². The van der Waals surface area contributed by atoms with E-state index < -0.39 is 22.4 Å². The van der Waals surface area contributed by atoms with Gasteiger partial charge in [-0.3, -0.25) is 19.5 Å². The van der Waals surface area contributed by atoms with Crippen molar-refractivity contribution in [1.29, 1.82) is 0 Å². The molecule has 7 nitrogen and oxygen atoms in total. The number of carbonyl (C=O) groups excluding carboxylic acids is 2. The van der Waals surface area contributed by atoms with Gasteiger partial charge in [-0.05, 0) is 73.4 Å². The molecule has 35 heavy (non-hydrogen) atoms. The molecule has 2 aliphatic heterocycles. The summed E-state index contributed by atoms with van der Waals surface area (Å²) in [6.07, 6.45) is 4.12. The number of rotatable bonds is 6. The molecule has 2 saturated carbocycles. The lowest BCUT2D eigenvalue weighted by molar-refractivity contribution is -0.131. The molecule has 1 N–H and O–H groups in total. The normalized spacial score (nSPS) is 23.7. The van der Waals surface area contributed by atoms with Crippen LogP contribution in [0.15, 0.2) is 52.4 Å². The maximum atomic E-state index is 15.4. The Balaban J connectivity index is 1.25. The molecule has 0 radical (unpaired) electrons. The van der Waals surface area contributed by atoms with E-state index in [0.29, 0.717) is 49.4 Å². The van der Waals surface area contributed by atoms with Crippen molar-refractivity contribution in [3.63, 3.8) is 0 Å². The first-order chi connectivity index (χ1) is 16.8. The molecule has 0 bridgehead atoms. The molecule has 2 aliphatic carbocycles. The second kappa shape index (κ2) is 8.34. The number of nitrogens with zero attached hydrogens (tertiary/aromatic N) is 3. The standard InChI is InChI=1S/C26H26FN3O4S/c27-22-13-19(18-2-1-3-20(12-18)35(33)34)6-7-21(22)23-28-26(9-10-26)25(32)30(23)15-16-8-11-29(14-16)24(31)17-4-5-17/h1-3,6-7,12-13,16-17H,4-5,8-11,14-15H2,(H,33,34)/t16-/m1/s1. The van der Waals surface area contributed by atoms with Crippen molar-refractivity contribution in [3.8, 4) is 11.1 Å². The zero-order chi connectivity index (χ0) is 24.3.